The largest absolute Gasteiger partial charge is 0.292 e. The molecule has 4 nitrogen and oxygen atoms in total. The molecule has 1 heterocycles. The van der Waals surface area contributed by atoms with Gasteiger partial charge >= 0.3 is 0 Å². The van der Waals surface area contributed by atoms with Crippen molar-refractivity contribution in [3.05, 3.63) is 62.5 Å². The van der Waals surface area contributed by atoms with Crippen molar-refractivity contribution in [1.29, 1.82) is 5.26 Å². The molecule has 2 aromatic rings. The van der Waals surface area contributed by atoms with E-state index < -0.39 is 5.82 Å². The van der Waals surface area contributed by atoms with Gasteiger partial charge in [0.15, 0.2) is 0 Å². The van der Waals surface area contributed by atoms with Crippen molar-refractivity contribution in [1.82, 2.24) is 9.55 Å². The van der Waals surface area contributed by atoms with Gasteiger partial charge in [-0.05, 0) is 36.6 Å². The fourth-order valence-corrected chi connectivity index (χ4v) is 2.48. The van der Waals surface area contributed by atoms with Crippen molar-refractivity contribution in [2.75, 3.05) is 0 Å². The average molecular weight is 304 g/mol. The first-order valence-electron chi connectivity index (χ1n) is 6.53. The van der Waals surface area contributed by atoms with E-state index in [0.29, 0.717) is 11.4 Å². The van der Waals surface area contributed by atoms with E-state index in [2.05, 4.69) is 4.98 Å². The third-order valence-corrected chi connectivity index (χ3v) is 3.57. The molecule has 0 unspecified atom stereocenters. The SMILES string of the molecule is N#Cc1cc(F)cc(Cn2c(C3CC3)nc(Cl)cc2=O)c1. The standard InChI is InChI=1S/C15H11ClFN3O/c16-13-6-14(21)20(15(19-13)11-1-2-11)8-10-3-9(7-18)4-12(17)5-10/h3-6,11H,1-2,8H2. The molecule has 1 fully saturated rings. The quantitative estimate of drug-likeness (QED) is 0.819. The number of aromatic nitrogens is 2. The van der Waals surface area contributed by atoms with Gasteiger partial charge in [-0.1, -0.05) is 11.6 Å². The van der Waals surface area contributed by atoms with Crippen LogP contribution < -0.4 is 5.56 Å². The number of benzene rings is 1. The molecule has 0 bridgehead atoms. The highest BCUT2D eigenvalue weighted by atomic mass is 35.5. The van der Waals surface area contributed by atoms with E-state index in [9.17, 15) is 9.18 Å². The van der Waals surface area contributed by atoms with E-state index in [1.165, 1.54) is 16.7 Å². The minimum atomic E-state index is -0.494. The summed E-state index contributed by atoms with van der Waals surface area (Å²) in [4.78, 5) is 16.3. The van der Waals surface area contributed by atoms with Gasteiger partial charge in [0, 0.05) is 12.0 Å². The third kappa shape index (κ3) is 2.96. The van der Waals surface area contributed by atoms with E-state index in [1.54, 1.807) is 6.07 Å². The Hall–Kier alpha value is -2.19. The molecule has 1 aliphatic carbocycles. The Bertz CT molecular complexity index is 806. The van der Waals surface area contributed by atoms with Gasteiger partial charge in [0.2, 0.25) is 0 Å². The highest BCUT2D eigenvalue weighted by Crippen LogP contribution is 2.38. The maximum atomic E-state index is 13.5. The molecule has 106 valence electrons. The molecule has 6 heteroatoms. The summed E-state index contributed by atoms with van der Waals surface area (Å²) >= 11 is 5.84. The summed E-state index contributed by atoms with van der Waals surface area (Å²) in [5.74, 6) is 0.377. The normalized spacial score (nSPS) is 14.0. The molecular formula is C15H11ClFN3O. The van der Waals surface area contributed by atoms with Crippen LogP contribution in [0, 0.1) is 17.1 Å². The predicted octanol–water partition coefficient (Wildman–Crippen LogP) is 2.83. The molecule has 0 saturated heterocycles. The van der Waals surface area contributed by atoms with Crippen LogP contribution in [-0.2, 0) is 6.54 Å². The molecule has 1 aromatic heterocycles. The predicted molar refractivity (Wildman–Crippen MR) is 75.7 cm³/mol. The molecule has 0 atom stereocenters. The number of rotatable bonds is 3. The zero-order valence-electron chi connectivity index (χ0n) is 11.0. The van der Waals surface area contributed by atoms with Crippen LogP contribution in [0.2, 0.25) is 5.15 Å². The Kier molecular flexibility index (Phi) is 3.48. The Morgan fingerprint density at radius 3 is 2.81 bits per heavy atom. The molecule has 0 amide bonds. The summed E-state index contributed by atoms with van der Waals surface area (Å²) < 4.78 is 15.0. The minimum Gasteiger partial charge on any atom is -0.292 e. The summed E-state index contributed by atoms with van der Waals surface area (Å²) in [6, 6.07) is 7.20. The van der Waals surface area contributed by atoms with Crippen LogP contribution >= 0.6 is 11.6 Å². The smallest absolute Gasteiger partial charge is 0.255 e. The molecule has 1 saturated carbocycles. The van der Waals surface area contributed by atoms with Crippen molar-refractivity contribution in [2.45, 2.75) is 25.3 Å². The van der Waals surface area contributed by atoms with E-state index in [-0.39, 0.29) is 28.7 Å². The summed E-state index contributed by atoms with van der Waals surface area (Å²) in [6.45, 7) is 0.182. The van der Waals surface area contributed by atoms with Gasteiger partial charge in [0.05, 0.1) is 18.2 Å². The zero-order valence-corrected chi connectivity index (χ0v) is 11.8. The molecule has 3 rings (SSSR count). The van der Waals surface area contributed by atoms with Crippen LogP contribution in [0.5, 0.6) is 0 Å². The van der Waals surface area contributed by atoms with Crippen LogP contribution in [0.1, 0.15) is 35.7 Å². The van der Waals surface area contributed by atoms with Crippen molar-refractivity contribution < 1.29 is 4.39 Å². The van der Waals surface area contributed by atoms with Gasteiger partial charge in [0.1, 0.15) is 16.8 Å². The number of hydrogen-bond donors (Lipinski definition) is 0. The Balaban J connectivity index is 2.04. The Morgan fingerprint density at radius 1 is 1.38 bits per heavy atom. The van der Waals surface area contributed by atoms with Gasteiger partial charge < -0.3 is 0 Å². The van der Waals surface area contributed by atoms with E-state index in [1.807, 2.05) is 6.07 Å². The van der Waals surface area contributed by atoms with E-state index in [0.717, 1.165) is 18.9 Å². The fraction of sp³-hybridized carbons (Fsp3) is 0.267. The van der Waals surface area contributed by atoms with Crippen LogP contribution in [-0.4, -0.2) is 9.55 Å². The fourth-order valence-electron chi connectivity index (χ4n) is 2.30. The van der Waals surface area contributed by atoms with Crippen LogP contribution in [0.15, 0.2) is 29.1 Å². The number of nitrogens with zero attached hydrogens (tertiary/aromatic N) is 3. The molecule has 1 aromatic carbocycles. The second-order valence-electron chi connectivity index (χ2n) is 5.10. The number of nitriles is 1. The lowest BCUT2D eigenvalue weighted by atomic mass is 10.1. The lowest BCUT2D eigenvalue weighted by molar-refractivity contribution is 0.617. The average Bonchev–Trinajstić information content (AvgIpc) is 3.25. The van der Waals surface area contributed by atoms with Crippen LogP contribution in [0.4, 0.5) is 4.39 Å². The van der Waals surface area contributed by atoms with Crippen molar-refractivity contribution in [3.8, 4) is 6.07 Å². The molecule has 0 spiro atoms. The number of halogens is 2. The van der Waals surface area contributed by atoms with Crippen molar-refractivity contribution >= 4 is 11.6 Å². The lowest BCUT2D eigenvalue weighted by Gasteiger charge is -2.12. The summed E-state index contributed by atoms with van der Waals surface area (Å²) in [7, 11) is 0. The second kappa shape index (κ2) is 5.30. The monoisotopic (exact) mass is 303 g/mol. The highest BCUT2D eigenvalue weighted by molar-refractivity contribution is 6.29. The maximum Gasteiger partial charge on any atom is 0.255 e. The highest BCUT2D eigenvalue weighted by Gasteiger charge is 2.29. The van der Waals surface area contributed by atoms with Crippen LogP contribution in [0.25, 0.3) is 0 Å². The molecule has 21 heavy (non-hydrogen) atoms. The van der Waals surface area contributed by atoms with Crippen molar-refractivity contribution in [3.63, 3.8) is 0 Å². The Labute approximate surface area is 125 Å². The summed E-state index contributed by atoms with van der Waals surface area (Å²) in [6.07, 6.45) is 1.94. The third-order valence-electron chi connectivity index (χ3n) is 3.38. The summed E-state index contributed by atoms with van der Waals surface area (Å²) in [5.41, 5.74) is 0.521. The van der Waals surface area contributed by atoms with Gasteiger partial charge in [-0.15, -0.1) is 0 Å². The molecule has 0 aliphatic heterocycles. The molecular weight excluding hydrogens is 293 g/mol. The van der Waals surface area contributed by atoms with Gasteiger partial charge in [-0.2, -0.15) is 5.26 Å². The molecule has 0 N–H and O–H groups in total. The Morgan fingerprint density at radius 2 is 2.14 bits per heavy atom. The van der Waals surface area contributed by atoms with Gasteiger partial charge in [-0.3, -0.25) is 9.36 Å². The van der Waals surface area contributed by atoms with Gasteiger partial charge in [0.25, 0.3) is 5.56 Å². The lowest BCUT2D eigenvalue weighted by Crippen LogP contribution is -2.24. The van der Waals surface area contributed by atoms with Crippen molar-refractivity contribution in [2.24, 2.45) is 0 Å². The molecule has 0 radical (unpaired) electrons. The first-order chi connectivity index (χ1) is 10.1. The first kappa shape index (κ1) is 13.8. The van der Waals surface area contributed by atoms with Crippen LogP contribution in [0.3, 0.4) is 0 Å². The maximum absolute atomic E-state index is 13.5. The summed E-state index contributed by atoms with van der Waals surface area (Å²) in [5, 5.41) is 9.06. The first-order valence-corrected chi connectivity index (χ1v) is 6.91. The second-order valence-corrected chi connectivity index (χ2v) is 5.48. The van der Waals surface area contributed by atoms with E-state index >= 15 is 0 Å². The minimum absolute atomic E-state index is 0.176. The van der Waals surface area contributed by atoms with E-state index in [4.69, 9.17) is 16.9 Å². The zero-order chi connectivity index (χ0) is 15.0. The number of hydrogen-bond acceptors (Lipinski definition) is 3. The topological polar surface area (TPSA) is 58.7 Å². The molecule has 1 aliphatic rings. The van der Waals surface area contributed by atoms with Gasteiger partial charge in [-0.25, -0.2) is 9.37 Å².